The number of carbonyl (C=O) groups is 1. The molecule has 1 aromatic heterocycles. The molecule has 0 saturated carbocycles. The molecule has 0 spiro atoms. The zero-order chi connectivity index (χ0) is 15.1. The van der Waals surface area contributed by atoms with Gasteiger partial charge in [0, 0.05) is 11.9 Å². The summed E-state index contributed by atoms with van der Waals surface area (Å²) in [6.07, 6.45) is 1.49. The maximum Gasteiger partial charge on any atom is 0.275 e. The van der Waals surface area contributed by atoms with E-state index in [0.717, 1.165) is 0 Å². The summed E-state index contributed by atoms with van der Waals surface area (Å²) >= 11 is 0. The average Bonchev–Trinajstić information content (AvgIpc) is 2.53. The summed E-state index contributed by atoms with van der Waals surface area (Å²) in [7, 11) is 0. The van der Waals surface area contributed by atoms with E-state index < -0.39 is 5.91 Å². The standard InChI is InChI=1S/C16H11N3O2/c17-11-12-4-1-7-14(10-12)19-16(21)15-13(6-3-9-20)5-2-8-18-15/h1-2,4-5,7-8,10,20H,9H2,(H,19,21). The zero-order valence-electron chi connectivity index (χ0n) is 11.0. The number of aliphatic hydroxyl groups is 1. The maximum atomic E-state index is 12.2. The van der Waals surface area contributed by atoms with E-state index in [1.165, 1.54) is 6.20 Å². The first-order chi connectivity index (χ1) is 10.2. The number of benzene rings is 1. The number of carbonyl (C=O) groups excluding carboxylic acids is 1. The van der Waals surface area contributed by atoms with Crippen LogP contribution in [0, 0.1) is 23.2 Å². The Morgan fingerprint density at radius 2 is 2.19 bits per heavy atom. The van der Waals surface area contributed by atoms with Crippen molar-refractivity contribution in [1.29, 1.82) is 5.26 Å². The van der Waals surface area contributed by atoms with E-state index in [4.69, 9.17) is 10.4 Å². The number of pyridine rings is 1. The van der Waals surface area contributed by atoms with Crippen molar-refractivity contribution in [3.8, 4) is 17.9 Å². The van der Waals surface area contributed by atoms with Crippen LogP contribution < -0.4 is 5.32 Å². The number of aliphatic hydroxyl groups excluding tert-OH is 1. The smallest absolute Gasteiger partial charge is 0.275 e. The van der Waals surface area contributed by atoms with Crippen molar-refractivity contribution >= 4 is 11.6 Å². The highest BCUT2D eigenvalue weighted by Gasteiger charge is 2.11. The van der Waals surface area contributed by atoms with Crippen molar-refractivity contribution in [2.75, 3.05) is 11.9 Å². The minimum absolute atomic E-state index is 0.167. The van der Waals surface area contributed by atoms with E-state index >= 15 is 0 Å². The van der Waals surface area contributed by atoms with E-state index in [2.05, 4.69) is 22.1 Å². The van der Waals surface area contributed by atoms with Gasteiger partial charge in [-0.2, -0.15) is 5.26 Å². The third-order valence-corrected chi connectivity index (χ3v) is 2.57. The molecular weight excluding hydrogens is 266 g/mol. The van der Waals surface area contributed by atoms with Gasteiger partial charge >= 0.3 is 0 Å². The summed E-state index contributed by atoms with van der Waals surface area (Å²) in [5, 5.41) is 20.2. The van der Waals surface area contributed by atoms with E-state index in [0.29, 0.717) is 16.8 Å². The van der Waals surface area contributed by atoms with Crippen molar-refractivity contribution < 1.29 is 9.90 Å². The number of hydrogen-bond acceptors (Lipinski definition) is 4. The van der Waals surface area contributed by atoms with Crippen molar-refractivity contribution in [1.82, 2.24) is 4.98 Å². The number of nitriles is 1. The summed E-state index contributed by atoms with van der Waals surface area (Å²) in [4.78, 5) is 16.2. The molecule has 0 atom stereocenters. The van der Waals surface area contributed by atoms with Crippen LogP contribution in [0.5, 0.6) is 0 Å². The summed E-state index contributed by atoms with van der Waals surface area (Å²) in [5.41, 5.74) is 1.56. The lowest BCUT2D eigenvalue weighted by Crippen LogP contribution is -2.15. The van der Waals surface area contributed by atoms with Gasteiger partial charge in [0.1, 0.15) is 12.3 Å². The molecule has 5 heteroatoms. The van der Waals surface area contributed by atoms with E-state index in [9.17, 15) is 4.79 Å². The molecule has 2 N–H and O–H groups in total. The van der Waals surface area contributed by atoms with Crippen molar-refractivity contribution in [2.45, 2.75) is 0 Å². The second-order valence-corrected chi connectivity index (χ2v) is 4.01. The Kier molecular flexibility index (Phi) is 4.66. The largest absolute Gasteiger partial charge is 0.384 e. The van der Waals surface area contributed by atoms with E-state index in [1.807, 2.05) is 6.07 Å². The molecule has 0 aliphatic heterocycles. The van der Waals surface area contributed by atoms with Crippen molar-refractivity contribution in [2.24, 2.45) is 0 Å². The summed E-state index contributed by atoms with van der Waals surface area (Å²) in [6.45, 7) is -0.291. The molecule has 21 heavy (non-hydrogen) atoms. The Bertz CT molecular complexity index is 767. The number of hydrogen-bond donors (Lipinski definition) is 2. The minimum atomic E-state index is -0.423. The average molecular weight is 277 g/mol. The minimum Gasteiger partial charge on any atom is -0.384 e. The fourth-order valence-electron chi connectivity index (χ4n) is 1.68. The predicted molar refractivity (Wildman–Crippen MR) is 77.3 cm³/mol. The molecule has 2 aromatic rings. The van der Waals surface area contributed by atoms with Crippen LogP contribution in [0.3, 0.4) is 0 Å². The van der Waals surface area contributed by atoms with Crippen LogP contribution in [0.1, 0.15) is 21.6 Å². The highest BCUT2D eigenvalue weighted by molar-refractivity contribution is 6.04. The number of anilines is 1. The number of aromatic nitrogens is 1. The molecule has 5 nitrogen and oxygen atoms in total. The summed E-state index contributed by atoms with van der Waals surface area (Å²) in [5.74, 6) is 4.74. The summed E-state index contributed by atoms with van der Waals surface area (Å²) in [6, 6.07) is 11.9. The monoisotopic (exact) mass is 277 g/mol. The lowest BCUT2D eigenvalue weighted by Gasteiger charge is -2.06. The molecule has 0 bridgehead atoms. The van der Waals surface area contributed by atoms with Gasteiger partial charge in [-0.3, -0.25) is 4.79 Å². The number of nitrogens with zero attached hydrogens (tertiary/aromatic N) is 2. The fraction of sp³-hybridized carbons (Fsp3) is 0.0625. The highest BCUT2D eigenvalue weighted by atomic mass is 16.2. The number of amides is 1. The van der Waals surface area contributed by atoms with Gasteiger partial charge in [-0.25, -0.2) is 4.98 Å². The van der Waals surface area contributed by atoms with Gasteiger partial charge < -0.3 is 10.4 Å². The quantitative estimate of drug-likeness (QED) is 0.815. The molecule has 1 amide bonds. The van der Waals surface area contributed by atoms with E-state index in [-0.39, 0.29) is 12.3 Å². The fourth-order valence-corrected chi connectivity index (χ4v) is 1.68. The van der Waals surface area contributed by atoms with Gasteiger partial charge in [-0.05, 0) is 30.3 Å². The molecule has 0 aliphatic rings. The van der Waals surface area contributed by atoms with Crippen LogP contribution in [0.25, 0.3) is 0 Å². The molecule has 102 valence electrons. The first-order valence-corrected chi connectivity index (χ1v) is 6.11. The van der Waals surface area contributed by atoms with Crippen molar-refractivity contribution in [3.63, 3.8) is 0 Å². The lowest BCUT2D eigenvalue weighted by molar-refractivity contribution is 0.102. The van der Waals surface area contributed by atoms with Crippen molar-refractivity contribution in [3.05, 3.63) is 59.4 Å². The topological polar surface area (TPSA) is 86.0 Å². The van der Waals surface area contributed by atoms with Crippen LogP contribution in [0.2, 0.25) is 0 Å². The number of rotatable bonds is 2. The Labute approximate surface area is 121 Å². The van der Waals surface area contributed by atoms with Gasteiger partial charge in [0.05, 0.1) is 17.2 Å². The Morgan fingerprint density at radius 3 is 2.95 bits per heavy atom. The van der Waals surface area contributed by atoms with Gasteiger partial charge in [0.25, 0.3) is 5.91 Å². The predicted octanol–water partition coefficient (Wildman–Crippen LogP) is 1.55. The zero-order valence-corrected chi connectivity index (χ0v) is 11.0. The van der Waals surface area contributed by atoms with Gasteiger partial charge in [0.2, 0.25) is 0 Å². The third kappa shape index (κ3) is 3.66. The maximum absolute atomic E-state index is 12.2. The molecule has 0 unspecified atom stereocenters. The molecule has 1 aromatic carbocycles. The Balaban J connectivity index is 2.26. The molecule has 0 fully saturated rings. The first-order valence-electron chi connectivity index (χ1n) is 6.11. The molecule has 0 saturated heterocycles. The number of nitrogens with one attached hydrogen (secondary N) is 1. The van der Waals surface area contributed by atoms with Crippen LogP contribution in [0.15, 0.2) is 42.6 Å². The van der Waals surface area contributed by atoms with Crippen LogP contribution >= 0.6 is 0 Å². The molecule has 0 aliphatic carbocycles. The van der Waals surface area contributed by atoms with Crippen LogP contribution in [-0.4, -0.2) is 22.6 Å². The van der Waals surface area contributed by atoms with Crippen LogP contribution in [0.4, 0.5) is 5.69 Å². The SMILES string of the molecule is N#Cc1cccc(NC(=O)c2ncccc2C#CCO)c1. The normalized spacial score (nSPS) is 9.14. The van der Waals surface area contributed by atoms with Gasteiger partial charge in [0.15, 0.2) is 0 Å². The third-order valence-electron chi connectivity index (χ3n) is 2.57. The van der Waals surface area contributed by atoms with Gasteiger partial charge in [-0.15, -0.1) is 0 Å². The molecule has 2 rings (SSSR count). The second-order valence-electron chi connectivity index (χ2n) is 4.01. The first kappa shape index (κ1) is 14.3. The Hall–Kier alpha value is -3.15. The highest BCUT2D eigenvalue weighted by Crippen LogP contribution is 2.12. The second kappa shape index (κ2) is 6.85. The lowest BCUT2D eigenvalue weighted by atomic mass is 10.1. The van der Waals surface area contributed by atoms with Crippen LogP contribution in [-0.2, 0) is 0 Å². The van der Waals surface area contributed by atoms with Gasteiger partial charge in [-0.1, -0.05) is 17.9 Å². The summed E-state index contributed by atoms with van der Waals surface area (Å²) < 4.78 is 0. The molecule has 0 radical (unpaired) electrons. The Morgan fingerprint density at radius 1 is 1.33 bits per heavy atom. The van der Waals surface area contributed by atoms with E-state index in [1.54, 1.807) is 36.4 Å². The molecular formula is C16H11N3O2. The molecule has 1 heterocycles.